The van der Waals surface area contributed by atoms with E-state index in [4.69, 9.17) is 11.6 Å². The molecule has 1 aromatic rings. The predicted octanol–water partition coefficient (Wildman–Crippen LogP) is 4.49. The number of hydrogen-bond acceptors (Lipinski definition) is 2. The normalized spacial score (nSPS) is 27.2. The molecule has 90 valence electrons. The van der Waals surface area contributed by atoms with Crippen molar-refractivity contribution in [2.75, 3.05) is 6.54 Å². The van der Waals surface area contributed by atoms with Crippen LogP contribution in [0.15, 0.2) is 11.4 Å². The molecule has 16 heavy (non-hydrogen) atoms. The van der Waals surface area contributed by atoms with Crippen molar-refractivity contribution in [1.29, 1.82) is 0 Å². The highest BCUT2D eigenvalue weighted by molar-refractivity contribution is 7.14. The number of rotatable bonds is 4. The Balaban J connectivity index is 1.81. The van der Waals surface area contributed by atoms with E-state index in [1.807, 2.05) is 0 Å². The van der Waals surface area contributed by atoms with E-state index in [-0.39, 0.29) is 0 Å². The van der Waals surface area contributed by atoms with Crippen LogP contribution < -0.4 is 5.32 Å². The summed E-state index contributed by atoms with van der Waals surface area (Å²) in [5.41, 5.74) is 1.32. The number of halogens is 1. The highest BCUT2D eigenvalue weighted by atomic mass is 35.5. The Bertz CT molecular complexity index is 336. The van der Waals surface area contributed by atoms with E-state index in [0.29, 0.717) is 6.04 Å². The summed E-state index contributed by atoms with van der Waals surface area (Å²) in [4.78, 5) is 0. The molecule has 1 aromatic heterocycles. The van der Waals surface area contributed by atoms with E-state index >= 15 is 0 Å². The Labute approximate surface area is 107 Å². The molecular formula is C13H20ClNS. The molecule has 2 rings (SSSR count). The first-order valence-electron chi connectivity index (χ1n) is 6.14. The van der Waals surface area contributed by atoms with E-state index < -0.39 is 0 Å². The van der Waals surface area contributed by atoms with Gasteiger partial charge in [0, 0.05) is 6.04 Å². The minimum atomic E-state index is 0.427. The number of nitrogens with one attached hydrogen (secondary N) is 1. The van der Waals surface area contributed by atoms with Gasteiger partial charge in [-0.2, -0.15) is 0 Å². The summed E-state index contributed by atoms with van der Waals surface area (Å²) in [6.45, 7) is 5.75. The SMILES string of the molecule is CC(NCC1CCCC1C)c1csc(Cl)c1. The maximum absolute atomic E-state index is 5.95. The quantitative estimate of drug-likeness (QED) is 0.838. The van der Waals surface area contributed by atoms with E-state index in [2.05, 4.69) is 30.6 Å². The summed E-state index contributed by atoms with van der Waals surface area (Å²) >= 11 is 7.56. The Morgan fingerprint density at radius 1 is 1.56 bits per heavy atom. The van der Waals surface area contributed by atoms with Crippen molar-refractivity contribution in [3.63, 3.8) is 0 Å². The Morgan fingerprint density at radius 3 is 2.94 bits per heavy atom. The fourth-order valence-corrected chi connectivity index (χ4v) is 3.51. The lowest BCUT2D eigenvalue weighted by molar-refractivity contribution is 0.375. The Morgan fingerprint density at radius 2 is 2.38 bits per heavy atom. The molecule has 0 bridgehead atoms. The summed E-state index contributed by atoms with van der Waals surface area (Å²) in [6.07, 6.45) is 4.21. The van der Waals surface area contributed by atoms with Crippen LogP contribution in [0.25, 0.3) is 0 Å². The third-order valence-corrected chi connectivity index (χ3v) is 4.92. The average Bonchev–Trinajstić information content (AvgIpc) is 2.84. The molecule has 0 aromatic carbocycles. The van der Waals surface area contributed by atoms with Gasteiger partial charge < -0.3 is 5.32 Å². The van der Waals surface area contributed by atoms with Crippen molar-refractivity contribution in [3.05, 3.63) is 21.3 Å². The highest BCUT2D eigenvalue weighted by Gasteiger charge is 2.23. The van der Waals surface area contributed by atoms with E-state index in [1.54, 1.807) is 11.3 Å². The van der Waals surface area contributed by atoms with Crippen molar-refractivity contribution in [1.82, 2.24) is 5.32 Å². The zero-order valence-corrected chi connectivity index (χ0v) is 11.6. The summed E-state index contributed by atoms with van der Waals surface area (Å²) in [6, 6.07) is 2.50. The maximum atomic E-state index is 5.95. The van der Waals surface area contributed by atoms with Crippen LogP contribution in [0, 0.1) is 11.8 Å². The molecule has 3 unspecified atom stereocenters. The summed E-state index contributed by atoms with van der Waals surface area (Å²) in [5.74, 6) is 1.77. The second kappa shape index (κ2) is 5.52. The molecule has 0 spiro atoms. The maximum Gasteiger partial charge on any atom is 0.0931 e. The van der Waals surface area contributed by atoms with Crippen LogP contribution in [-0.2, 0) is 0 Å². The van der Waals surface area contributed by atoms with Crippen LogP contribution in [0.5, 0.6) is 0 Å². The van der Waals surface area contributed by atoms with Crippen molar-refractivity contribution in [2.24, 2.45) is 11.8 Å². The number of hydrogen-bond donors (Lipinski definition) is 1. The van der Waals surface area contributed by atoms with Crippen LogP contribution in [0.2, 0.25) is 4.34 Å². The van der Waals surface area contributed by atoms with Gasteiger partial charge in [-0.05, 0) is 48.7 Å². The molecule has 1 nitrogen and oxygen atoms in total. The van der Waals surface area contributed by atoms with E-state index in [9.17, 15) is 0 Å². The first-order chi connectivity index (χ1) is 7.66. The zero-order valence-electron chi connectivity index (χ0n) is 10.0. The average molecular weight is 258 g/mol. The van der Waals surface area contributed by atoms with Gasteiger partial charge in [-0.25, -0.2) is 0 Å². The highest BCUT2D eigenvalue weighted by Crippen LogP contribution is 2.31. The molecule has 0 amide bonds. The molecule has 1 aliphatic carbocycles. The molecular weight excluding hydrogens is 238 g/mol. The van der Waals surface area contributed by atoms with Gasteiger partial charge in [-0.15, -0.1) is 11.3 Å². The third kappa shape index (κ3) is 2.99. The molecule has 1 N–H and O–H groups in total. The molecule has 3 heteroatoms. The Kier molecular flexibility index (Phi) is 4.28. The van der Waals surface area contributed by atoms with Crippen LogP contribution in [0.4, 0.5) is 0 Å². The summed E-state index contributed by atoms with van der Waals surface area (Å²) < 4.78 is 0.887. The van der Waals surface area contributed by atoms with E-state index in [0.717, 1.165) is 22.7 Å². The second-order valence-electron chi connectivity index (χ2n) is 4.98. The van der Waals surface area contributed by atoms with Crippen LogP contribution in [-0.4, -0.2) is 6.54 Å². The molecule has 1 fully saturated rings. The lowest BCUT2D eigenvalue weighted by atomic mass is 9.98. The molecule has 0 radical (unpaired) electrons. The molecule has 1 aliphatic rings. The molecule has 1 saturated carbocycles. The van der Waals surface area contributed by atoms with Gasteiger partial charge in [0.15, 0.2) is 0 Å². The van der Waals surface area contributed by atoms with Gasteiger partial charge in [-0.1, -0.05) is 31.4 Å². The first kappa shape index (κ1) is 12.4. The molecule has 3 atom stereocenters. The lowest BCUT2D eigenvalue weighted by Gasteiger charge is -2.19. The van der Waals surface area contributed by atoms with Crippen molar-refractivity contribution >= 4 is 22.9 Å². The lowest BCUT2D eigenvalue weighted by Crippen LogP contribution is -2.26. The van der Waals surface area contributed by atoms with Crippen LogP contribution >= 0.6 is 22.9 Å². The summed E-state index contributed by atoms with van der Waals surface area (Å²) in [5, 5.41) is 5.78. The third-order valence-electron chi connectivity index (χ3n) is 3.81. The monoisotopic (exact) mass is 257 g/mol. The Hall–Kier alpha value is -0.0500. The van der Waals surface area contributed by atoms with E-state index in [1.165, 1.54) is 24.8 Å². The molecule has 0 saturated heterocycles. The molecule has 0 aliphatic heterocycles. The largest absolute Gasteiger partial charge is 0.310 e. The smallest absolute Gasteiger partial charge is 0.0931 e. The fourth-order valence-electron chi connectivity index (χ4n) is 2.52. The van der Waals surface area contributed by atoms with Crippen molar-refractivity contribution in [2.45, 2.75) is 39.2 Å². The topological polar surface area (TPSA) is 12.0 Å². The van der Waals surface area contributed by atoms with Crippen molar-refractivity contribution < 1.29 is 0 Å². The zero-order chi connectivity index (χ0) is 11.5. The number of thiophene rings is 1. The second-order valence-corrected chi connectivity index (χ2v) is 6.52. The van der Waals surface area contributed by atoms with Gasteiger partial charge in [0.05, 0.1) is 4.34 Å². The fraction of sp³-hybridized carbons (Fsp3) is 0.692. The molecule has 1 heterocycles. The van der Waals surface area contributed by atoms with Gasteiger partial charge >= 0.3 is 0 Å². The first-order valence-corrected chi connectivity index (χ1v) is 7.40. The minimum absolute atomic E-state index is 0.427. The minimum Gasteiger partial charge on any atom is -0.310 e. The predicted molar refractivity (Wildman–Crippen MR) is 72.3 cm³/mol. The van der Waals surface area contributed by atoms with Gasteiger partial charge in [0.25, 0.3) is 0 Å². The van der Waals surface area contributed by atoms with Crippen LogP contribution in [0.1, 0.15) is 44.7 Å². The van der Waals surface area contributed by atoms with Crippen LogP contribution in [0.3, 0.4) is 0 Å². The van der Waals surface area contributed by atoms with Gasteiger partial charge in [-0.3, -0.25) is 0 Å². The van der Waals surface area contributed by atoms with Gasteiger partial charge in [0.1, 0.15) is 0 Å². The summed E-state index contributed by atoms with van der Waals surface area (Å²) in [7, 11) is 0. The van der Waals surface area contributed by atoms with Gasteiger partial charge in [0.2, 0.25) is 0 Å². The standard InChI is InChI=1S/C13H20ClNS/c1-9-4-3-5-11(9)7-15-10(2)12-6-13(14)16-8-12/h6,8-11,15H,3-5,7H2,1-2H3. The van der Waals surface area contributed by atoms with Crippen molar-refractivity contribution in [3.8, 4) is 0 Å².